The van der Waals surface area contributed by atoms with Gasteiger partial charge in [0.25, 0.3) is 11.5 Å². The molecule has 0 saturated carbocycles. The van der Waals surface area contributed by atoms with Gasteiger partial charge >= 0.3 is 5.97 Å². The number of hydrogen-bond donors (Lipinski definition) is 0. The first kappa shape index (κ1) is 12.6. The summed E-state index contributed by atoms with van der Waals surface area (Å²) in [5.41, 5.74) is -0.535. The summed E-state index contributed by atoms with van der Waals surface area (Å²) < 4.78 is 4.24. The highest BCUT2D eigenvalue weighted by atomic mass is 16.6. The number of para-hydroxylation sites is 1. The predicted molar refractivity (Wildman–Crippen MR) is 59.2 cm³/mol. The van der Waals surface area contributed by atoms with Crippen LogP contribution in [0.5, 0.6) is 0 Å². The van der Waals surface area contributed by atoms with Crippen molar-refractivity contribution in [3.63, 3.8) is 0 Å². The fourth-order valence-electron chi connectivity index (χ4n) is 1.23. The summed E-state index contributed by atoms with van der Waals surface area (Å²) in [6.07, 6.45) is 0. The highest BCUT2D eigenvalue weighted by Crippen LogP contribution is 2.25. The molecule has 1 rings (SSSR count). The van der Waals surface area contributed by atoms with Crippen LogP contribution >= 0.6 is 0 Å². The van der Waals surface area contributed by atoms with Crippen LogP contribution in [0.1, 0.15) is 5.56 Å². The van der Waals surface area contributed by atoms with Gasteiger partial charge in [-0.3, -0.25) is 14.9 Å². The summed E-state index contributed by atoms with van der Waals surface area (Å²) in [6, 6.07) is 5.54. The Hall–Kier alpha value is -2.50. The molecule has 0 heterocycles. The molecule has 88 valence electrons. The second-order valence-corrected chi connectivity index (χ2v) is 3.07. The van der Waals surface area contributed by atoms with Crippen LogP contribution in [0.3, 0.4) is 0 Å². The molecule has 1 aromatic carbocycles. The molecule has 17 heavy (non-hydrogen) atoms. The molecule has 0 N–H and O–H groups in total. The van der Waals surface area contributed by atoms with Crippen LogP contribution in [0, 0.1) is 10.1 Å². The van der Waals surface area contributed by atoms with Crippen molar-refractivity contribution in [1.29, 1.82) is 0 Å². The minimum absolute atomic E-state index is 0.00731. The summed E-state index contributed by atoms with van der Waals surface area (Å²) in [5, 5.41) is 10.7. The van der Waals surface area contributed by atoms with Crippen LogP contribution < -0.4 is 0 Å². The van der Waals surface area contributed by atoms with E-state index < -0.39 is 16.7 Å². The number of methoxy groups -OCH3 is 1. The van der Waals surface area contributed by atoms with Crippen molar-refractivity contribution in [3.8, 4) is 0 Å². The largest absolute Gasteiger partial charge is 0.463 e. The Morgan fingerprint density at radius 1 is 1.35 bits per heavy atom. The van der Waals surface area contributed by atoms with E-state index in [1.807, 2.05) is 0 Å². The molecule has 0 amide bonds. The van der Waals surface area contributed by atoms with E-state index in [9.17, 15) is 19.7 Å². The summed E-state index contributed by atoms with van der Waals surface area (Å²) in [4.78, 5) is 32.5. The van der Waals surface area contributed by atoms with E-state index in [2.05, 4.69) is 11.3 Å². The van der Waals surface area contributed by atoms with E-state index in [4.69, 9.17) is 0 Å². The summed E-state index contributed by atoms with van der Waals surface area (Å²) in [7, 11) is 1.05. The van der Waals surface area contributed by atoms with Crippen molar-refractivity contribution in [2.45, 2.75) is 0 Å². The Bertz CT molecular complexity index is 506. The van der Waals surface area contributed by atoms with Gasteiger partial charge in [-0.1, -0.05) is 18.7 Å². The van der Waals surface area contributed by atoms with E-state index in [0.29, 0.717) is 0 Å². The average Bonchev–Trinajstić information content (AvgIpc) is 2.35. The van der Waals surface area contributed by atoms with Gasteiger partial charge in [-0.05, 0) is 6.07 Å². The second-order valence-electron chi connectivity index (χ2n) is 3.07. The number of Topliss-reactive ketones (excluding diaryl/α,β-unsaturated/α-hetero) is 1. The normalized spacial score (nSPS) is 9.47. The van der Waals surface area contributed by atoms with Crippen LogP contribution in [-0.4, -0.2) is 23.8 Å². The summed E-state index contributed by atoms with van der Waals surface area (Å²) in [6.45, 7) is 3.38. The summed E-state index contributed by atoms with van der Waals surface area (Å²) in [5.74, 6) is -2.10. The molecule has 0 radical (unpaired) electrons. The quantitative estimate of drug-likeness (QED) is 0.258. The Balaban J connectivity index is 3.17. The number of esters is 1. The predicted octanol–water partition coefficient (Wildman–Crippen LogP) is 1.35. The van der Waals surface area contributed by atoms with Crippen LogP contribution in [0.25, 0.3) is 5.57 Å². The van der Waals surface area contributed by atoms with Gasteiger partial charge in [0, 0.05) is 11.6 Å². The van der Waals surface area contributed by atoms with E-state index in [0.717, 1.165) is 7.11 Å². The van der Waals surface area contributed by atoms with Crippen molar-refractivity contribution >= 4 is 23.0 Å². The highest BCUT2D eigenvalue weighted by Gasteiger charge is 2.24. The van der Waals surface area contributed by atoms with Gasteiger partial charge in [0.05, 0.1) is 17.6 Å². The lowest BCUT2D eigenvalue weighted by Gasteiger charge is -2.04. The number of carbonyl (C=O) groups is 2. The molecule has 0 atom stereocenters. The number of nitro benzene ring substituents is 1. The van der Waals surface area contributed by atoms with Crippen molar-refractivity contribution in [1.82, 2.24) is 0 Å². The third-order valence-corrected chi connectivity index (χ3v) is 2.07. The molecule has 1 aromatic rings. The fraction of sp³-hybridized carbons (Fsp3) is 0.0909. The Kier molecular flexibility index (Phi) is 3.71. The molecule has 0 unspecified atom stereocenters. The number of ketones is 1. The van der Waals surface area contributed by atoms with Crippen molar-refractivity contribution in [3.05, 3.63) is 46.5 Å². The minimum atomic E-state index is -1.10. The lowest BCUT2D eigenvalue weighted by molar-refractivity contribution is -0.385. The molecule has 6 nitrogen and oxygen atoms in total. The van der Waals surface area contributed by atoms with Crippen LogP contribution in [0.4, 0.5) is 5.69 Å². The van der Waals surface area contributed by atoms with Crippen LogP contribution in [-0.2, 0) is 14.3 Å². The Labute approximate surface area is 96.7 Å². The van der Waals surface area contributed by atoms with Gasteiger partial charge in [0.15, 0.2) is 0 Å². The van der Waals surface area contributed by atoms with E-state index in [-0.39, 0.29) is 16.8 Å². The van der Waals surface area contributed by atoms with Gasteiger partial charge in [0.2, 0.25) is 0 Å². The maximum atomic E-state index is 11.5. The molecule has 0 aliphatic carbocycles. The number of rotatable bonds is 4. The lowest BCUT2D eigenvalue weighted by atomic mass is 10.0. The molecule has 0 aromatic heterocycles. The number of ether oxygens (including phenoxy) is 1. The highest BCUT2D eigenvalue weighted by molar-refractivity contribution is 6.51. The number of nitro groups is 1. The lowest BCUT2D eigenvalue weighted by Crippen LogP contribution is -2.17. The molecular weight excluding hydrogens is 226 g/mol. The first-order valence-electron chi connectivity index (χ1n) is 4.54. The van der Waals surface area contributed by atoms with Crippen LogP contribution in [0.2, 0.25) is 0 Å². The second kappa shape index (κ2) is 5.02. The zero-order chi connectivity index (χ0) is 13.0. The standard InChI is InChI=1S/C11H9NO5/c1-7(10(13)11(14)17-2)8-5-3-4-6-9(8)12(15)16/h3-6H,1H2,2H3. The molecule has 0 bridgehead atoms. The molecule has 0 aliphatic rings. The smallest absolute Gasteiger partial charge is 0.379 e. The minimum Gasteiger partial charge on any atom is -0.463 e. The first-order chi connectivity index (χ1) is 7.99. The SMILES string of the molecule is C=C(C(=O)C(=O)OC)c1ccccc1[N+](=O)[O-]. The molecule has 0 spiro atoms. The van der Waals surface area contributed by atoms with E-state index in [1.54, 1.807) is 0 Å². The van der Waals surface area contributed by atoms with Gasteiger partial charge < -0.3 is 4.74 Å². The van der Waals surface area contributed by atoms with Crippen molar-refractivity contribution in [2.24, 2.45) is 0 Å². The molecular formula is C11H9NO5. The van der Waals surface area contributed by atoms with E-state index >= 15 is 0 Å². The van der Waals surface area contributed by atoms with Gasteiger partial charge in [-0.15, -0.1) is 0 Å². The van der Waals surface area contributed by atoms with Crippen LogP contribution in [0.15, 0.2) is 30.8 Å². The van der Waals surface area contributed by atoms with Crippen molar-refractivity contribution < 1.29 is 19.2 Å². The number of carbonyl (C=O) groups excluding carboxylic acids is 2. The molecule has 0 aliphatic heterocycles. The molecule has 6 heteroatoms. The van der Waals surface area contributed by atoms with Gasteiger partial charge in [0.1, 0.15) is 0 Å². The first-order valence-corrected chi connectivity index (χ1v) is 4.54. The fourth-order valence-corrected chi connectivity index (χ4v) is 1.23. The number of benzene rings is 1. The Morgan fingerprint density at radius 3 is 2.47 bits per heavy atom. The maximum absolute atomic E-state index is 11.5. The zero-order valence-electron chi connectivity index (χ0n) is 9.00. The van der Waals surface area contributed by atoms with Gasteiger partial charge in [-0.25, -0.2) is 4.79 Å². The monoisotopic (exact) mass is 235 g/mol. The molecule has 0 saturated heterocycles. The third-order valence-electron chi connectivity index (χ3n) is 2.07. The van der Waals surface area contributed by atoms with Crippen molar-refractivity contribution in [2.75, 3.05) is 7.11 Å². The topological polar surface area (TPSA) is 86.5 Å². The third kappa shape index (κ3) is 2.54. The maximum Gasteiger partial charge on any atom is 0.379 e. The number of nitrogens with zero attached hydrogens (tertiary/aromatic N) is 1. The van der Waals surface area contributed by atoms with Gasteiger partial charge in [-0.2, -0.15) is 0 Å². The van der Waals surface area contributed by atoms with E-state index in [1.165, 1.54) is 24.3 Å². The molecule has 0 fully saturated rings. The number of hydrogen-bond acceptors (Lipinski definition) is 5. The zero-order valence-corrected chi connectivity index (χ0v) is 9.00. The Morgan fingerprint density at radius 2 is 1.94 bits per heavy atom. The summed E-state index contributed by atoms with van der Waals surface area (Å²) >= 11 is 0. The average molecular weight is 235 g/mol.